The maximum absolute atomic E-state index is 12.9. The molecule has 1 amide bonds. The van der Waals surface area contributed by atoms with Gasteiger partial charge in [0.2, 0.25) is 0 Å². The minimum absolute atomic E-state index is 0.104. The Morgan fingerprint density at radius 3 is 2.48 bits per heavy atom. The van der Waals surface area contributed by atoms with Crippen LogP contribution in [0.25, 0.3) is 6.08 Å². The lowest BCUT2D eigenvalue weighted by molar-refractivity contribution is -0.121. The SMILES string of the molecule is COc1cccc(/C=C2/SC(=Nc3ccc(C)cc3)N(C)C2=O)c1OCc1ccc(Br)cc1. The van der Waals surface area contributed by atoms with Crippen LogP contribution in [-0.4, -0.2) is 30.1 Å². The van der Waals surface area contributed by atoms with Crippen molar-refractivity contribution in [3.63, 3.8) is 0 Å². The van der Waals surface area contributed by atoms with E-state index >= 15 is 0 Å². The fourth-order valence-corrected chi connectivity index (χ4v) is 4.46. The highest BCUT2D eigenvalue weighted by molar-refractivity contribution is 9.10. The number of para-hydroxylation sites is 1. The Morgan fingerprint density at radius 2 is 1.79 bits per heavy atom. The highest BCUT2D eigenvalue weighted by atomic mass is 79.9. The first-order valence-corrected chi connectivity index (χ1v) is 11.9. The molecule has 5 nitrogen and oxygen atoms in total. The fraction of sp³-hybridized carbons (Fsp3) is 0.154. The summed E-state index contributed by atoms with van der Waals surface area (Å²) in [6.07, 6.45) is 1.83. The van der Waals surface area contributed by atoms with Gasteiger partial charge >= 0.3 is 0 Å². The van der Waals surface area contributed by atoms with E-state index in [4.69, 9.17) is 9.47 Å². The van der Waals surface area contributed by atoms with E-state index in [0.29, 0.717) is 28.2 Å². The van der Waals surface area contributed by atoms with Gasteiger partial charge in [0.25, 0.3) is 5.91 Å². The largest absolute Gasteiger partial charge is 0.493 e. The molecule has 1 aliphatic rings. The molecule has 0 N–H and O–H groups in total. The van der Waals surface area contributed by atoms with Crippen molar-refractivity contribution >= 4 is 50.5 Å². The molecule has 1 aliphatic heterocycles. The van der Waals surface area contributed by atoms with E-state index in [1.54, 1.807) is 19.1 Å². The normalized spacial score (nSPS) is 16.0. The fourth-order valence-electron chi connectivity index (χ4n) is 3.22. The number of aryl methyl sites for hydroxylation is 1. The second kappa shape index (κ2) is 10.3. The van der Waals surface area contributed by atoms with Crippen molar-refractivity contribution in [2.24, 2.45) is 4.99 Å². The molecule has 0 spiro atoms. The molecular formula is C26H23BrN2O3S. The molecule has 1 saturated heterocycles. The second-order valence-corrected chi connectivity index (χ2v) is 9.42. The van der Waals surface area contributed by atoms with Crippen molar-refractivity contribution in [2.45, 2.75) is 13.5 Å². The van der Waals surface area contributed by atoms with Crippen LogP contribution in [0.3, 0.4) is 0 Å². The van der Waals surface area contributed by atoms with Crippen LogP contribution in [0.5, 0.6) is 11.5 Å². The van der Waals surface area contributed by atoms with E-state index in [2.05, 4.69) is 20.9 Å². The van der Waals surface area contributed by atoms with Gasteiger partial charge < -0.3 is 9.47 Å². The third-order valence-corrected chi connectivity index (χ3v) is 6.66. The Morgan fingerprint density at radius 1 is 1.06 bits per heavy atom. The summed E-state index contributed by atoms with van der Waals surface area (Å²) < 4.78 is 12.7. The Bertz CT molecular complexity index is 1220. The summed E-state index contributed by atoms with van der Waals surface area (Å²) in [5.41, 5.74) is 3.77. The van der Waals surface area contributed by atoms with Crippen LogP contribution in [0.2, 0.25) is 0 Å². The quantitative estimate of drug-likeness (QED) is 0.343. The van der Waals surface area contributed by atoms with Crippen molar-refractivity contribution in [3.05, 3.63) is 92.8 Å². The maximum Gasteiger partial charge on any atom is 0.266 e. The van der Waals surface area contributed by atoms with Gasteiger partial charge in [0.05, 0.1) is 17.7 Å². The summed E-state index contributed by atoms with van der Waals surface area (Å²) in [6.45, 7) is 2.41. The minimum Gasteiger partial charge on any atom is -0.493 e. The van der Waals surface area contributed by atoms with Gasteiger partial charge in [-0.05, 0) is 60.7 Å². The van der Waals surface area contributed by atoms with E-state index in [1.807, 2.05) is 79.7 Å². The van der Waals surface area contributed by atoms with Gasteiger partial charge in [-0.2, -0.15) is 0 Å². The molecule has 168 valence electrons. The molecule has 4 rings (SSSR count). The van der Waals surface area contributed by atoms with E-state index in [-0.39, 0.29) is 5.91 Å². The van der Waals surface area contributed by atoms with Gasteiger partial charge in [0, 0.05) is 17.1 Å². The summed E-state index contributed by atoms with van der Waals surface area (Å²) in [6, 6.07) is 21.5. The lowest BCUT2D eigenvalue weighted by atomic mass is 10.1. The zero-order valence-electron chi connectivity index (χ0n) is 18.5. The number of benzene rings is 3. The van der Waals surface area contributed by atoms with Crippen LogP contribution < -0.4 is 9.47 Å². The zero-order chi connectivity index (χ0) is 23.4. The smallest absolute Gasteiger partial charge is 0.266 e. The van der Waals surface area contributed by atoms with Crippen LogP contribution in [0.15, 0.2) is 81.1 Å². The van der Waals surface area contributed by atoms with Crippen molar-refractivity contribution < 1.29 is 14.3 Å². The highest BCUT2D eigenvalue weighted by Gasteiger charge is 2.30. The average molecular weight is 523 g/mol. The van der Waals surface area contributed by atoms with E-state index in [9.17, 15) is 4.79 Å². The number of methoxy groups -OCH3 is 1. The van der Waals surface area contributed by atoms with Gasteiger partial charge in [0.15, 0.2) is 16.7 Å². The number of rotatable bonds is 6. The lowest BCUT2D eigenvalue weighted by Gasteiger charge is -2.14. The average Bonchev–Trinajstić information content (AvgIpc) is 3.08. The molecule has 0 unspecified atom stereocenters. The number of halogens is 1. The number of carbonyl (C=O) groups excluding carboxylic acids is 1. The molecule has 0 atom stereocenters. The Hall–Kier alpha value is -3.03. The molecule has 7 heteroatoms. The Labute approximate surface area is 206 Å². The molecule has 0 radical (unpaired) electrons. The molecule has 3 aromatic carbocycles. The first-order valence-electron chi connectivity index (χ1n) is 10.3. The predicted octanol–water partition coefficient (Wildman–Crippen LogP) is 6.58. The van der Waals surface area contributed by atoms with Gasteiger partial charge in [0.1, 0.15) is 6.61 Å². The van der Waals surface area contributed by atoms with Crippen LogP contribution >= 0.6 is 27.7 Å². The van der Waals surface area contributed by atoms with E-state index in [1.165, 1.54) is 11.8 Å². The highest BCUT2D eigenvalue weighted by Crippen LogP contribution is 2.38. The molecule has 33 heavy (non-hydrogen) atoms. The predicted molar refractivity (Wildman–Crippen MR) is 138 cm³/mol. The summed E-state index contributed by atoms with van der Waals surface area (Å²) in [4.78, 5) is 19.7. The molecule has 1 fully saturated rings. The van der Waals surface area contributed by atoms with Crippen molar-refractivity contribution in [2.75, 3.05) is 14.2 Å². The summed E-state index contributed by atoms with van der Waals surface area (Å²) in [7, 11) is 3.34. The standard InChI is InChI=1S/C26H23BrN2O3S/c1-17-7-13-21(14-8-17)28-26-29(2)25(30)23(33-26)15-19-5-4-6-22(31-3)24(19)32-16-18-9-11-20(27)12-10-18/h4-15H,16H2,1-3H3/b23-15+,28-26?. The lowest BCUT2D eigenvalue weighted by Crippen LogP contribution is -2.23. The number of ether oxygens (including phenoxy) is 2. The monoisotopic (exact) mass is 522 g/mol. The van der Waals surface area contributed by atoms with Crippen LogP contribution in [0.1, 0.15) is 16.7 Å². The third-order valence-electron chi connectivity index (χ3n) is 5.07. The molecule has 3 aromatic rings. The molecular weight excluding hydrogens is 500 g/mol. The van der Waals surface area contributed by atoms with Crippen LogP contribution in [0.4, 0.5) is 5.69 Å². The topological polar surface area (TPSA) is 51.1 Å². The molecule has 0 aromatic heterocycles. The molecule has 0 saturated carbocycles. The number of likely N-dealkylation sites (N-methyl/N-ethyl adjacent to an activating group) is 1. The van der Waals surface area contributed by atoms with Gasteiger partial charge in [-0.15, -0.1) is 0 Å². The van der Waals surface area contributed by atoms with Crippen molar-refractivity contribution in [3.8, 4) is 11.5 Å². The summed E-state index contributed by atoms with van der Waals surface area (Å²) >= 11 is 4.79. The number of amidine groups is 1. The summed E-state index contributed by atoms with van der Waals surface area (Å²) in [5, 5.41) is 0.635. The van der Waals surface area contributed by atoms with Crippen molar-refractivity contribution in [1.82, 2.24) is 4.90 Å². The van der Waals surface area contributed by atoms with Crippen LogP contribution in [-0.2, 0) is 11.4 Å². The zero-order valence-corrected chi connectivity index (χ0v) is 20.9. The number of aliphatic imine (C=N–C) groups is 1. The number of hydrogen-bond donors (Lipinski definition) is 0. The maximum atomic E-state index is 12.9. The molecule has 0 aliphatic carbocycles. The van der Waals surface area contributed by atoms with Gasteiger partial charge in [-0.3, -0.25) is 9.69 Å². The second-order valence-electron chi connectivity index (χ2n) is 7.50. The number of amides is 1. The number of hydrogen-bond acceptors (Lipinski definition) is 5. The van der Waals surface area contributed by atoms with E-state index < -0.39 is 0 Å². The Balaban J connectivity index is 1.61. The molecule has 1 heterocycles. The minimum atomic E-state index is -0.104. The number of carbonyl (C=O) groups is 1. The van der Waals surface area contributed by atoms with Gasteiger partial charge in [-0.25, -0.2) is 4.99 Å². The Kier molecular flexibility index (Phi) is 7.20. The van der Waals surface area contributed by atoms with Gasteiger partial charge in [-0.1, -0.05) is 57.9 Å². The van der Waals surface area contributed by atoms with Crippen molar-refractivity contribution in [1.29, 1.82) is 0 Å². The van der Waals surface area contributed by atoms with Crippen LogP contribution in [0, 0.1) is 6.92 Å². The molecule has 0 bridgehead atoms. The number of nitrogens with zero attached hydrogens (tertiary/aromatic N) is 2. The first-order chi connectivity index (χ1) is 15.9. The van der Waals surface area contributed by atoms with E-state index in [0.717, 1.165) is 26.9 Å². The summed E-state index contributed by atoms with van der Waals surface area (Å²) in [5.74, 6) is 1.10. The first kappa shape index (κ1) is 23.1. The number of thioether (sulfide) groups is 1. The third kappa shape index (κ3) is 5.49.